The van der Waals surface area contributed by atoms with Gasteiger partial charge in [0, 0.05) is 18.3 Å². The van der Waals surface area contributed by atoms with Crippen LogP contribution in [-0.4, -0.2) is 48.8 Å². The Morgan fingerprint density at radius 2 is 2.08 bits per heavy atom. The predicted molar refractivity (Wildman–Crippen MR) is 106 cm³/mol. The SMILES string of the molecule is CC(C)(C)OC(=O)N1CCCC1COc1cncc(C#C[Si](C)(C)C)c1. The molecule has 2 heterocycles. The lowest BCUT2D eigenvalue weighted by Gasteiger charge is -2.28. The summed E-state index contributed by atoms with van der Waals surface area (Å²) in [5.74, 6) is 3.87. The third kappa shape index (κ3) is 6.72. The van der Waals surface area contributed by atoms with Crippen molar-refractivity contribution in [2.24, 2.45) is 0 Å². The lowest BCUT2D eigenvalue weighted by atomic mass is 10.2. The van der Waals surface area contributed by atoms with Crippen LogP contribution in [0.1, 0.15) is 39.2 Å². The monoisotopic (exact) mass is 374 g/mol. The Morgan fingerprint density at radius 1 is 1.35 bits per heavy atom. The highest BCUT2D eigenvalue weighted by molar-refractivity contribution is 6.83. The number of amides is 1. The summed E-state index contributed by atoms with van der Waals surface area (Å²) in [6, 6.07) is 1.94. The lowest BCUT2D eigenvalue weighted by molar-refractivity contribution is 0.0187. The van der Waals surface area contributed by atoms with Crippen LogP contribution in [0.15, 0.2) is 18.5 Å². The molecular formula is C20H30N2O3Si. The maximum absolute atomic E-state index is 12.3. The number of carbonyl (C=O) groups is 1. The molecule has 0 aromatic carbocycles. The minimum atomic E-state index is -1.43. The van der Waals surface area contributed by atoms with Gasteiger partial charge >= 0.3 is 6.09 Å². The predicted octanol–water partition coefficient (Wildman–Crippen LogP) is 4.09. The first-order chi connectivity index (χ1) is 12.0. The van der Waals surface area contributed by atoms with E-state index in [1.807, 2.05) is 26.8 Å². The smallest absolute Gasteiger partial charge is 0.410 e. The van der Waals surface area contributed by atoms with Crippen LogP contribution in [0.4, 0.5) is 4.79 Å². The van der Waals surface area contributed by atoms with Gasteiger partial charge in [-0.25, -0.2) is 4.79 Å². The first-order valence-corrected chi connectivity index (χ1v) is 12.6. The van der Waals surface area contributed by atoms with Crippen LogP contribution in [0.5, 0.6) is 5.75 Å². The average molecular weight is 375 g/mol. The summed E-state index contributed by atoms with van der Waals surface area (Å²) >= 11 is 0. The summed E-state index contributed by atoms with van der Waals surface area (Å²) < 4.78 is 11.4. The lowest BCUT2D eigenvalue weighted by Crippen LogP contribution is -2.42. The molecule has 0 bridgehead atoms. The third-order valence-corrected chi connectivity index (χ3v) is 4.62. The molecule has 6 heteroatoms. The zero-order chi connectivity index (χ0) is 19.4. The zero-order valence-electron chi connectivity index (χ0n) is 16.8. The van der Waals surface area contributed by atoms with Crippen LogP contribution in [-0.2, 0) is 4.74 Å². The molecule has 1 fully saturated rings. The highest BCUT2D eigenvalue weighted by atomic mass is 28.3. The number of rotatable bonds is 3. The van der Waals surface area contributed by atoms with Gasteiger partial charge in [0.15, 0.2) is 0 Å². The van der Waals surface area contributed by atoms with Crippen molar-refractivity contribution < 1.29 is 14.3 Å². The van der Waals surface area contributed by atoms with Gasteiger partial charge < -0.3 is 14.4 Å². The molecule has 0 spiro atoms. The number of ether oxygens (including phenoxy) is 2. The standard InChI is InChI=1S/C20H30N2O3Si/c1-20(2,3)25-19(23)22-10-7-8-17(22)15-24-18-12-16(13-21-14-18)9-11-26(4,5)6/h12-14,17H,7-8,10,15H2,1-6H3. The molecule has 1 aliphatic rings. The maximum Gasteiger partial charge on any atom is 0.410 e. The van der Waals surface area contributed by atoms with Crippen LogP contribution < -0.4 is 4.74 Å². The van der Waals surface area contributed by atoms with E-state index in [2.05, 4.69) is 36.1 Å². The molecule has 1 saturated heterocycles. The highest BCUT2D eigenvalue weighted by Crippen LogP contribution is 2.22. The molecule has 0 saturated carbocycles. The van der Waals surface area contributed by atoms with Crippen LogP contribution >= 0.6 is 0 Å². The minimum Gasteiger partial charge on any atom is -0.490 e. The summed E-state index contributed by atoms with van der Waals surface area (Å²) in [4.78, 5) is 18.3. The molecule has 0 N–H and O–H groups in total. The second kappa shape index (κ2) is 8.13. The van der Waals surface area contributed by atoms with Crippen LogP contribution in [0.25, 0.3) is 0 Å². The van der Waals surface area contributed by atoms with E-state index in [4.69, 9.17) is 9.47 Å². The highest BCUT2D eigenvalue weighted by Gasteiger charge is 2.32. The van der Waals surface area contributed by atoms with Gasteiger partial charge in [0.1, 0.15) is 26.0 Å². The topological polar surface area (TPSA) is 51.7 Å². The van der Waals surface area contributed by atoms with E-state index in [0.29, 0.717) is 18.9 Å². The Kier molecular flexibility index (Phi) is 6.35. The number of hydrogen-bond donors (Lipinski definition) is 0. The summed E-state index contributed by atoms with van der Waals surface area (Å²) in [5, 5.41) is 0. The van der Waals surface area contributed by atoms with Gasteiger partial charge in [-0.3, -0.25) is 4.98 Å². The Labute approximate surface area is 158 Å². The van der Waals surface area contributed by atoms with E-state index in [0.717, 1.165) is 18.4 Å². The summed E-state index contributed by atoms with van der Waals surface area (Å²) in [7, 11) is -1.43. The number of likely N-dealkylation sites (tertiary alicyclic amines) is 1. The fourth-order valence-corrected chi connectivity index (χ4v) is 3.11. The average Bonchev–Trinajstić information content (AvgIpc) is 2.98. The van der Waals surface area contributed by atoms with Gasteiger partial charge in [0.2, 0.25) is 0 Å². The van der Waals surface area contributed by atoms with Gasteiger partial charge in [-0.05, 0) is 39.7 Å². The van der Waals surface area contributed by atoms with Crippen molar-refractivity contribution in [2.75, 3.05) is 13.2 Å². The molecule has 1 aliphatic heterocycles. The van der Waals surface area contributed by atoms with E-state index >= 15 is 0 Å². The second-order valence-corrected chi connectivity index (χ2v) is 13.4. The van der Waals surface area contributed by atoms with Crippen LogP contribution in [0.2, 0.25) is 19.6 Å². The first-order valence-electron chi connectivity index (χ1n) is 9.14. The van der Waals surface area contributed by atoms with Gasteiger partial charge in [-0.15, -0.1) is 5.54 Å². The first kappa shape index (κ1) is 20.3. The Hall–Kier alpha value is -2.00. The molecular weight excluding hydrogens is 344 g/mol. The van der Waals surface area contributed by atoms with Crippen LogP contribution in [0.3, 0.4) is 0 Å². The third-order valence-electron chi connectivity index (χ3n) is 3.74. The number of hydrogen-bond acceptors (Lipinski definition) is 4. The molecule has 1 aromatic rings. The summed E-state index contributed by atoms with van der Waals surface area (Å²) in [6.45, 7) is 13.4. The van der Waals surface area contributed by atoms with Gasteiger partial charge in [-0.1, -0.05) is 25.6 Å². The fourth-order valence-electron chi connectivity index (χ4n) is 2.59. The minimum absolute atomic E-state index is 0.0292. The summed E-state index contributed by atoms with van der Waals surface area (Å²) in [6.07, 6.45) is 5.06. The number of carbonyl (C=O) groups excluding carboxylic acids is 1. The fraction of sp³-hybridized carbons (Fsp3) is 0.600. The Morgan fingerprint density at radius 3 is 2.73 bits per heavy atom. The number of nitrogens with zero attached hydrogens (tertiary/aromatic N) is 2. The molecule has 142 valence electrons. The zero-order valence-corrected chi connectivity index (χ0v) is 17.8. The van der Waals surface area contributed by atoms with Crippen molar-refractivity contribution in [1.29, 1.82) is 0 Å². The van der Waals surface area contributed by atoms with Crippen LogP contribution in [0, 0.1) is 11.5 Å². The normalized spacial score (nSPS) is 17.5. The van der Waals surface area contributed by atoms with Crippen molar-refractivity contribution in [2.45, 2.75) is 64.9 Å². The molecule has 26 heavy (non-hydrogen) atoms. The molecule has 1 aromatic heterocycles. The Bertz CT molecular complexity index is 695. The molecule has 5 nitrogen and oxygen atoms in total. The van der Waals surface area contributed by atoms with Crippen molar-refractivity contribution in [3.05, 3.63) is 24.0 Å². The van der Waals surface area contributed by atoms with E-state index in [-0.39, 0.29) is 12.1 Å². The second-order valence-electron chi connectivity index (χ2n) is 8.69. The molecule has 1 atom stereocenters. The molecule has 0 aliphatic carbocycles. The quantitative estimate of drug-likeness (QED) is 0.591. The Balaban J connectivity index is 1.97. The van der Waals surface area contributed by atoms with Gasteiger partial charge in [0.05, 0.1) is 12.2 Å². The summed E-state index contributed by atoms with van der Waals surface area (Å²) in [5.41, 5.74) is 3.70. The number of aromatic nitrogens is 1. The van der Waals surface area contributed by atoms with E-state index in [1.165, 1.54) is 0 Å². The van der Waals surface area contributed by atoms with Crippen molar-refractivity contribution in [3.8, 4) is 17.2 Å². The molecule has 1 unspecified atom stereocenters. The maximum atomic E-state index is 12.3. The van der Waals surface area contributed by atoms with Gasteiger partial charge in [-0.2, -0.15) is 0 Å². The van der Waals surface area contributed by atoms with E-state index in [9.17, 15) is 4.79 Å². The van der Waals surface area contributed by atoms with Gasteiger partial charge in [0.25, 0.3) is 0 Å². The molecule has 2 rings (SSSR count). The van der Waals surface area contributed by atoms with E-state index in [1.54, 1.807) is 17.3 Å². The molecule has 0 radical (unpaired) electrons. The number of pyridine rings is 1. The van der Waals surface area contributed by atoms with Crippen molar-refractivity contribution in [3.63, 3.8) is 0 Å². The van der Waals surface area contributed by atoms with Crippen molar-refractivity contribution in [1.82, 2.24) is 9.88 Å². The van der Waals surface area contributed by atoms with E-state index < -0.39 is 13.7 Å². The van der Waals surface area contributed by atoms with Crippen molar-refractivity contribution >= 4 is 14.2 Å². The molecule has 1 amide bonds. The largest absolute Gasteiger partial charge is 0.490 e.